The average molecular weight is 158 g/mol. The molecular formula is C6H8NO2S+. The molecule has 54 valence electrons. The highest BCUT2D eigenvalue weighted by Crippen LogP contribution is 2.08. The molecule has 10 heavy (non-hydrogen) atoms. The molecule has 0 fully saturated rings. The molecule has 0 aromatic carbocycles. The van der Waals surface area contributed by atoms with E-state index >= 15 is 0 Å². The Morgan fingerprint density at radius 3 is 3.20 bits per heavy atom. The monoisotopic (exact) mass is 158 g/mol. The van der Waals surface area contributed by atoms with E-state index in [2.05, 4.69) is 0 Å². The van der Waals surface area contributed by atoms with Crippen LogP contribution in [0.2, 0.25) is 0 Å². The van der Waals surface area contributed by atoms with E-state index < -0.39 is 0 Å². The van der Waals surface area contributed by atoms with Gasteiger partial charge in [-0.05, 0) is 11.2 Å². The van der Waals surface area contributed by atoms with Gasteiger partial charge in [0.15, 0.2) is 6.54 Å². The molecule has 0 saturated carbocycles. The molecule has 1 aromatic rings. The maximum Gasteiger partial charge on any atom is 0.465 e. The van der Waals surface area contributed by atoms with Gasteiger partial charge in [-0.2, -0.15) is 4.52 Å². The van der Waals surface area contributed by atoms with Crippen LogP contribution in [0.1, 0.15) is 17.8 Å². The van der Waals surface area contributed by atoms with Gasteiger partial charge in [0.1, 0.15) is 0 Å². The molecule has 1 aliphatic heterocycles. The van der Waals surface area contributed by atoms with E-state index in [0.717, 1.165) is 24.4 Å². The zero-order valence-electron chi connectivity index (χ0n) is 5.50. The summed E-state index contributed by atoms with van der Waals surface area (Å²) < 4.78 is 6.60. The summed E-state index contributed by atoms with van der Waals surface area (Å²) in [6, 6.07) is 0. The fourth-order valence-electron chi connectivity index (χ4n) is 1.18. The van der Waals surface area contributed by atoms with Crippen molar-refractivity contribution in [1.82, 2.24) is 0 Å². The summed E-state index contributed by atoms with van der Waals surface area (Å²) in [4.78, 5) is 10.5. The molecule has 4 heteroatoms. The molecule has 0 spiro atoms. The molecule has 0 saturated heterocycles. The molecule has 0 amide bonds. The minimum atomic E-state index is -0.170. The average Bonchev–Trinajstić information content (AvgIpc) is 2.27. The second-order valence-electron chi connectivity index (χ2n) is 2.40. The Morgan fingerprint density at radius 1 is 1.50 bits per heavy atom. The molecule has 1 aliphatic rings. The van der Waals surface area contributed by atoms with E-state index in [1.807, 2.05) is 0 Å². The van der Waals surface area contributed by atoms with Crippen LogP contribution >= 0.6 is 11.3 Å². The molecule has 0 radical (unpaired) electrons. The van der Waals surface area contributed by atoms with Crippen LogP contribution < -0.4 is 9.68 Å². The number of nitrogens with zero attached hydrogens (tertiary/aromatic N) is 1. The van der Waals surface area contributed by atoms with Crippen molar-refractivity contribution < 1.29 is 9.26 Å². The summed E-state index contributed by atoms with van der Waals surface area (Å²) in [6.07, 6.45) is 3.34. The fraction of sp³-hybridized carbons (Fsp3) is 0.667. The third kappa shape index (κ3) is 0.883. The fourth-order valence-corrected chi connectivity index (χ4v) is 1.98. The van der Waals surface area contributed by atoms with E-state index in [1.54, 1.807) is 4.74 Å². The van der Waals surface area contributed by atoms with Gasteiger partial charge in [-0.15, -0.1) is 0 Å². The quantitative estimate of drug-likeness (QED) is 0.510. The molecule has 3 nitrogen and oxygen atoms in total. The lowest BCUT2D eigenvalue weighted by Gasteiger charge is -1.98. The maximum absolute atomic E-state index is 10.7. The van der Waals surface area contributed by atoms with Crippen LogP contribution in [-0.4, -0.2) is 0 Å². The van der Waals surface area contributed by atoms with E-state index in [9.17, 15) is 4.79 Å². The zero-order valence-corrected chi connectivity index (χ0v) is 6.32. The topological polar surface area (TPSA) is 34.1 Å². The third-order valence-electron chi connectivity index (χ3n) is 1.67. The highest BCUT2D eigenvalue weighted by Gasteiger charge is 2.22. The maximum atomic E-state index is 10.7. The second-order valence-corrected chi connectivity index (χ2v) is 3.41. The summed E-state index contributed by atoms with van der Waals surface area (Å²) in [5.74, 6) is 0. The Labute approximate surface area is 61.9 Å². The van der Waals surface area contributed by atoms with Gasteiger partial charge >= 0.3 is 4.94 Å². The van der Waals surface area contributed by atoms with Crippen LogP contribution in [0, 0.1) is 0 Å². The Hall–Kier alpha value is -0.640. The Balaban J connectivity index is 2.50. The summed E-state index contributed by atoms with van der Waals surface area (Å²) in [5.41, 5.74) is 0. The van der Waals surface area contributed by atoms with Crippen molar-refractivity contribution in [2.75, 3.05) is 0 Å². The summed E-state index contributed by atoms with van der Waals surface area (Å²) in [6.45, 7) is 0.883. The second kappa shape index (κ2) is 2.20. The molecule has 1 aromatic heterocycles. The van der Waals surface area contributed by atoms with Crippen LogP contribution in [0.4, 0.5) is 0 Å². The van der Waals surface area contributed by atoms with Gasteiger partial charge in [0.05, 0.1) is 0 Å². The van der Waals surface area contributed by atoms with Gasteiger partial charge in [-0.1, -0.05) is 0 Å². The molecule has 0 unspecified atom stereocenters. The number of fused-ring (bicyclic) bond motifs is 1. The van der Waals surface area contributed by atoms with Crippen molar-refractivity contribution in [2.24, 2.45) is 0 Å². The number of aromatic nitrogens is 1. The minimum absolute atomic E-state index is 0.170. The van der Waals surface area contributed by atoms with Crippen molar-refractivity contribution in [2.45, 2.75) is 25.8 Å². The standard InChI is InChI=1S/C6H8NO2S/c8-6-9-7-4-2-1-3-5(7)10-6/h1-4H2/q+1. The van der Waals surface area contributed by atoms with E-state index in [1.165, 1.54) is 17.8 Å². The van der Waals surface area contributed by atoms with Gasteiger partial charge in [-0.25, -0.2) is 4.79 Å². The van der Waals surface area contributed by atoms with E-state index in [0.29, 0.717) is 0 Å². The zero-order chi connectivity index (χ0) is 6.97. The van der Waals surface area contributed by atoms with E-state index in [4.69, 9.17) is 4.52 Å². The molecule has 0 atom stereocenters. The van der Waals surface area contributed by atoms with Crippen molar-refractivity contribution >= 4 is 11.3 Å². The molecule has 2 rings (SSSR count). The summed E-state index contributed by atoms with van der Waals surface area (Å²) in [7, 11) is 0. The van der Waals surface area contributed by atoms with Gasteiger partial charge in [0.2, 0.25) is 0 Å². The number of aryl methyl sites for hydroxylation is 2. The number of rotatable bonds is 0. The van der Waals surface area contributed by atoms with Gasteiger partial charge in [0.25, 0.3) is 5.01 Å². The van der Waals surface area contributed by atoms with Crippen LogP contribution in [0.25, 0.3) is 0 Å². The first-order valence-corrected chi connectivity index (χ1v) is 4.21. The first kappa shape index (κ1) is 6.09. The highest BCUT2D eigenvalue weighted by molar-refractivity contribution is 7.08. The molecule has 2 heterocycles. The number of hydrogen-bond donors (Lipinski definition) is 0. The first-order valence-electron chi connectivity index (χ1n) is 3.39. The highest BCUT2D eigenvalue weighted by atomic mass is 32.1. The number of hydrogen-bond acceptors (Lipinski definition) is 3. The van der Waals surface area contributed by atoms with Crippen LogP contribution in [-0.2, 0) is 13.0 Å². The Bertz CT molecular complexity index is 262. The lowest BCUT2D eigenvalue weighted by atomic mass is 10.2. The predicted molar refractivity (Wildman–Crippen MR) is 36.0 cm³/mol. The van der Waals surface area contributed by atoms with Crippen LogP contribution in [0.3, 0.4) is 0 Å². The summed E-state index contributed by atoms with van der Waals surface area (Å²) >= 11 is 1.23. The SMILES string of the molecule is O=c1o[n+]2c(s1)CCCC2. The molecule has 0 N–H and O–H groups in total. The Morgan fingerprint density at radius 2 is 2.40 bits per heavy atom. The normalized spacial score (nSPS) is 16.8. The van der Waals surface area contributed by atoms with Crippen molar-refractivity contribution in [3.05, 3.63) is 14.7 Å². The van der Waals surface area contributed by atoms with Gasteiger partial charge in [0, 0.05) is 24.2 Å². The van der Waals surface area contributed by atoms with E-state index in [-0.39, 0.29) is 4.94 Å². The Kier molecular flexibility index (Phi) is 1.34. The molecule has 0 aliphatic carbocycles. The largest absolute Gasteiger partial charge is 0.465 e. The molecular weight excluding hydrogens is 150 g/mol. The first-order chi connectivity index (χ1) is 4.86. The predicted octanol–water partition coefficient (Wildman–Crippen LogP) is 0.325. The smallest absolute Gasteiger partial charge is 0.226 e. The van der Waals surface area contributed by atoms with Crippen molar-refractivity contribution in [3.63, 3.8) is 0 Å². The third-order valence-corrected chi connectivity index (χ3v) is 2.55. The lowest BCUT2D eigenvalue weighted by molar-refractivity contribution is -0.873. The van der Waals surface area contributed by atoms with Crippen molar-refractivity contribution in [1.29, 1.82) is 0 Å². The van der Waals surface area contributed by atoms with Crippen molar-refractivity contribution in [3.8, 4) is 0 Å². The lowest BCUT2D eigenvalue weighted by Crippen LogP contribution is -2.38. The minimum Gasteiger partial charge on any atom is -0.226 e. The molecule has 0 bridgehead atoms. The van der Waals surface area contributed by atoms with Gasteiger partial charge < -0.3 is 0 Å². The summed E-state index contributed by atoms with van der Waals surface area (Å²) in [5, 5.41) is 1.09. The van der Waals surface area contributed by atoms with Gasteiger partial charge in [-0.3, -0.25) is 0 Å². The van der Waals surface area contributed by atoms with Crippen LogP contribution in [0.5, 0.6) is 0 Å². The van der Waals surface area contributed by atoms with Crippen LogP contribution in [0.15, 0.2) is 9.32 Å².